The van der Waals surface area contributed by atoms with Crippen molar-refractivity contribution >= 4 is 0 Å². The summed E-state index contributed by atoms with van der Waals surface area (Å²) in [5.41, 5.74) is 1.04. The monoisotopic (exact) mass is 251 g/mol. The molecule has 2 nitrogen and oxygen atoms in total. The zero-order chi connectivity index (χ0) is 12.8. The molecule has 0 heterocycles. The molecule has 1 aliphatic carbocycles. The minimum atomic E-state index is -0.159. The SMILES string of the molecule is OC1CCC(CNCCc2cccc(F)c2)CC1. The minimum absolute atomic E-state index is 0.0754. The second kappa shape index (κ2) is 6.86. The van der Waals surface area contributed by atoms with E-state index in [1.807, 2.05) is 6.07 Å². The van der Waals surface area contributed by atoms with E-state index in [9.17, 15) is 9.50 Å². The van der Waals surface area contributed by atoms with Crippen LogP contribution < -0.4 is 5.32 Å². The Morgan fingerprint density at radius 1 is 1.22 bits per heavy atom. The molecule has 1 aliphatic rings. The summed E-state index contributed by atoms with van der Waals surface area (Å²) in [4.78, 5) is 0. The minimum Gasteiger partial charge on any atom is -0.393 e. The first-order valence-electron chi connectivity index (χ1n) is 6.87. The predicted octanol–water partition coefficient (Wildman–Crippen LogP) is 2.51. The number of hydrogen-bond acceptors (Lipinski definition) is 2. The smallest absolute Gasteiger partial charge is 0.123 e. The van der Waals surface area contributed by atoms with Crippen LogP contribution in [0.1, 0.15) is 31.2 Å². The van der Waals surface area contributed by atoms with Gasteiger partial charge >= 0.3 is 0 Å². The highest BCUT2D eigenvalue weighted by Crippen LogP contribution is 2.23. The van der Waals surface area contributed by atoms with Crippen LogP contribution in [0.15, 0.2) is 24.3 Å². The first-order chi connectivity index (χ1) is 8.74. The van der Waals surface area contributed by atoms with Gasteiger partial charge in [0.25, 0.3) is 0 Å². The Morgan fingerprint density at radius 3 is 2.72 bits per heavy atom. The van der Waals surface area contributed by atoms with Crippen molar-refractivity contribution in [2.75, 3.05) is 13.1 Å². The number of rotatable bonds is 5. The van der Waals surface area contributed by atoms with Crippen LogP contribution in [0.3, 0.4) is 0 Å². The number of nitrogens with one attached hydrogen (secondary N) is 1. The zero-order valence-corrected chi connectivity index (χ0v) is 10.7. The fourth-order valence-corrected chi connectivity index (χ4v) is 2.58. The molecule has 18 heavy (non-hydrogen) atoms. The molecule has 0 amide bonds. The molecule has 0 spiro atoms. The average Bonchev–Trinajstić information content (AvgIpc) is 2.37. The molecule has 2 rings (SSSR count). The molecule has 0 saturated heterocycles. The highest BCUT2D eigenvalue weighted by atomic mass is 19.1. The molecule has 1 aromatic carbocycles. The number of benzene rings is 1. The van der Waals surface area contributed by atoms with Gasteiger partial charge in [-0.25, -0.2) is 4.39 Å². The van der Waals surface area contributed by atoms with E-state index in [1.54, 1.807) is 12.1 Å². The normalized spacial score (nSPS) is 24.1. The van der Waals surface area contributed by atoms with Crippen molar-refractivity contribution in [2.45, 2.75) is 38.2 Å². The lowest BCUT2D eigenvalue weighted by Crippen LogP contribution is -2.29. The van der Waals surface area contributed by atoms with E-state index in [0.717, 1.165) is 50.8 Å². The Kier molecular flexibility index (Phi) is 5.14. The van der Waals surface area contributed by atoms with Gasteiger partial charge in [0.15, 0.2) is 0 Å². The highest BCUT2D eigenvalue weighted by Gasteiger charge is 2.18. The van der Waals surface area contributed by atoms with Gasteiger partial charge in [0, 0.05) is 0 Å². The summed E-state index contributed by atoms with van der Waals surface area (Å²) in [7, 11) is 0. The van der Waals surface area contributed by atoms with Crippen LogP contribution in [0.2, 0.25) is 0 Å². The maximum atomic E-state index is 13.0. The van der Waals surface area contributed by atoms with Crippen LogP contribution in [0, 0.1) is 11.7 Å². The largest absolute Gasteiger partial charge is 0.393 e. The molecule has 1 aromatic rings. The lowest BCUT2D eigenvalue weighted by atomic mass is 9.87. The van der Waals surface area contributed by atoms with Crippen molar-refractivity contribution in [1.29, 1.82) is 0 Å². The van der Waals surface area contributed by atoms with E-state index in [4.69, 9.17) is 0 Å². The van der Waals surface area contributed by atoms with Gasteiger partial charge in [0.1, 0.15) is 5.82 Å². The van der Waals surface area contributed by atoms with E-state index in [1.165, 1.54) is 6.07 Å². The number of hydrogen-bond donors (Lipinski definition) is 2. The van der Waals surface area contributed by atoms with Crippen LogP contribution in [0.4, 0.5) is 4.39 Å². The Hall–Kier alpha value is -0.930. The van der Waals surface area contributed by atoms with Crippen LogP contribution in [0.25, 0.3) is 0 Å². The van der Waals surface area contributed by atoms with Crippen molar-refractivity contribution in [3.05, 3.63) is 35.6 Å². The maximum absolute atomic E-state index is 13.0. The molecule has 1 saturated carbocycles. The molecule has 1 fully saturated rings. The van der Waals surface area contributed by atoms with E-state index in [2.05, 4.69) is 5.32 Å². The second-order valence-electron chi connectivity index (χ2n) is 5.26. The fraction of sp³-hybridized carbons (Fsp3) is 0.600. The summed E-state index contributed by atoms with van der Waals surface area (Å²) in [6.45, 7) is 1.91. The standard InChI is InChI=1S/C15H22FNO/c16-14-3-1-2-12(10-14)8-9-17-11-13-4-6-15(18)7-5-13/h1-3,10,13,15,17-18H,4-9,11H2. The lowest BCUT2D eigenvalue weighted by Gasteiger charge is -2.25. The summed E-state index contributed by atoms with van der Waals surface area (Å²) < 4.78 is 13.0. The predicted molar refractivity (Wildman–Crippen MR) is 70.9 cm³/mol. The molecule has 3 heteroatoms. The molecule has 0 bridgehead atoms. The second-order valence-corrected chi connectivity index (χ2v) is 5.26. The van der Waals surface area contributed by atoms with E-state index < -0.39 is 0 Å². The molecular formula is C15H22FNO. The number of halogens is 1. The van der Waals surface area contributed by atoms with Crippen molar-refractivity contribution in [1.82, 2.24) is 5.32 Å². The van der Waals surface area contributed by atoms with Crippen molar-refractivity contribution in [3.8, 4) is 0 Å². The Morgan fingerprint density at radius 2 is 2.00 bits per heavy atom. The van der Waals surface area contributed by atoms with Gasteiger partial charge < -0.3 is 10.4 Å². The van der Waals surface area contributed by atoms with Crippen LogP contribution in [-0.4, -0.2) is 24.3 Å². The summed E-state index contributed by atoms with van der Waals surface area (Å²) in [6.07, 6.45) is 4.91. The van der Waals surface area contributed by atoms with Crippen LogP contribution >= 0.6 is 0 Å². The van der Waals surface area contributed by atoms with Gasteiger partial charge in [0.2, 0.25) is 0 Å². The quantitative estimate of drug-likeness (QED) is 0.788. The van der Waals surface area contributed by atoms with Gasteiger partial charge in [-0.1, -0.05) is 12.1 Å². The summed E-state index contributed by atoms with van der Waals surface area (Å²) in [6, 6.07) is 6.79. The third-order valence-electron chi connectivity index (χ3n) is 3.73. The molecular weight excluding hydrogens is 229 g/mol. The van der Waals surface area contributed by atoms with Crippen molar-refractivity contribution < 1.29 is 9.50 Å². The summed E-state index contributed by atoms with van der Waals surface area (Å²) in [5, 5.41) is 12.9. The number of aliphatic hydroxyl groups is 1. The topological polar surface area (TPSA) is 32.3 Å². The van der Waals surface area contributed by atoms with E-state index >= 15 is 0 Å². The van der Waals surface area contributed by atoms with Crippen molar-refractivity contribution in [2.24, 2.45) is 5.92 Å². The summed E-state index contributed by atoms with van der Waals surface area (Å²) in [5.74, 6) is 0.537. The van der Waals surface area contributed by atoms with Gasteiger partial charge in [-0.05, 0) is 68.8 Å². The fourth-order valence-electron chi connectivity index (χ4n) is 2.58. The van der Waals surface area contributed by atoms with Gasteiger partial charge in [-0.15, -0.1) is 0 Å². The Labute approximate surface area is 108 Å². The number of aliphatic hydroxyl groups excluding tert-OH is 1. The van der Waals surface area contributed by atoms with Gasteiger partial charge in [-0.2, -0.15) is 0 Å². The molecule has 0 aliphatic heterocycles. The van der Waals surface area contributed by atoms with E-state index in [0.29, 0.717) is 5.92 Å². The average molecular weight is 251 g/mol. The molecule has 2 N–H and O–H groups in total. The molecule has 0 unspecified atom stereocenters. The Balaban J connectivity index is 1.61. The van der Waals surface area contributed by atoms with Gasteiger partial charge in [-0.3, -0.25) is 0 Å². The molecule has 100 valence electrons. The summed E-state index contributed by atoms with van der Waals surface area (Å²) >= 11 is 0. The molecule has 0 atom stereocenters. The van der Waals surface area contributed by atoms with Crippen molar-refractivity contribution in [3.63, 3.8) is 0 Å². The highest BCUT2D eigenvalue weighted by molar-refractivity contribution is 5.16. The lowest BCUT2D eigenvalue weighted by molar-refractivity contribution is 0.108. The molecule has 0 aromatic heterocycles. The third kappa shape index (κ3) is 4.39. The van der Waals surface area contributed by atoms with Crippen LogP contribution in [0.5, 0.6) is 0 Å². The zero-order valence-electron chi connectivity index (χ0n) is 10.7. The van der Waals surface area contributed by atoms with Crippen LogP contribution in [-0.2, 0) is 6.42 Å². The first kappa shape index (κ1) is 13.5. The third-order valence-corrected chi connectivity index (χ3v) is 3.73. The first-order valence-corrected chi connectivity index (χ1v) is 6.87. The Bertz CT molecular complexity index is 361. The van der Waals surface area contributed by atoms with Gasteiger partial charge in [0.05, 0.1) is 6.10 Å². The van der Waals surface area contributed by atoms with E-state index in [-0.39, 0.29) is 11.9 Å². The molecule has 0 radical (unpaired) electrons. The maximum Gasteiger partial charge on any atom is 0.123 e.